The molecule has 1 aliphatic heterocycles. The van der Waals surface area contributed by atoms with Crippen LogP contribution in [0.2, 0.25) is 0 Å². The Kier molecular flexibility index (Phi) is 6.29. The highest BCUT2D eigenvalue weighted by atomic mass is 32.1. The number of hydrogen-bond acceptors (Lipinski definition) is 5. The number of methoxy groups -OCH3 is 1. The lowest BCUT2D eigenvalue weighted by atomic mass is 10.0. The molecule has 0 bridgehead atoms. The molecule has 3 rings (SSSR count). The summed E-state index contributed by atoms with van der Waals surface area (Å²) >= 11 is 1.42. The first-order valence-electron chi connectivity index (χ1n) is 9.29. The first-order valence-corrected chi connectivity index (χ1v) is 10.1. The van der Waals surface area contributed by atoms with Gasteiger partial charge in [-0.15, -0.1) is 11.3 Å². The molecule has 0 saturated carbocycles. The van der Waals surface area contributed by atoms with Gasteiger partial charge in [0, 0.05) is 17.0 Å². The number of carbonyl (C=O) groups excluding carboxylic acids is 2. The van der Waals surface area contributed by atoms with E-state index in [0.717, 1.165) is 35.5 Å². The van der Waals surface area contributed by atoms with Gasteiger partial charge in [-0.1, -0.05) is 37.3 Å². The number of amides is 1. The van der Waals surface area contributed by atoms with Crippen molar-refractivity contribution in [3.05, 3.63) is 40.8 Å². The van der Waals surface area contributed by atoms with E-state index in [-0.39, 0.29) is 5.91 Å². The maximum Gasteiger partial charge on any atom is 0.341 e. The SMILES string of the molecule is COC(=O)c1c(NC(=O)CN2CCCC(C)C2)sc(C)c1-c1ccccc1. The Hall–Kier alpha value is -2.18. The number of nitrogens with one attached hydrogen (secondary N) is 1. The predicted octanol–water partition coefficient (Wildman–Crippen LogP) is 4.18. The quantitative estimate of drug-likeness (QED) is 0.783. The van der Waals surface area contributed by atoms with Crippen molar-refractivity contribution >= 4 is 28.2 Å². The highest BCUT2D eigenvalue weighted by Gasteiger charge is 2.26. The highest BCUT2D eigenvalue weighted by Crippen LogP contribution is 2.40. The fourth-order valence-electron chi connectivity index (χ4n) is 3.68. The summed E-state index contributed by atoms with van der Waals surface area (Å²) in [5.74, 6) is 0.0982. The molecule has 1 fully saturated rings. The number of benzene rings is 1. The van der Waals surface area contributed by atoms with Gasteiger partial charge in [0.25, 0.3) is 0 Å². The number of piperidine rings is 1. The summed E-state index contributed by atoms with van der Waals surface area (Å²) in [6.45, 7) is 6.41. The van der Waals surface area contributed by atoms with Crippen LogP contribution in [-0.4, -0.2) is 43.5 Å². The number of thiophene rings is 1. The van der Waals surface area contributed by atoms with Crippen molar-refractivity contribution in [2.45, 2.75) is 26.7 Å². The standard InChI is InChI=1S/C21H26N2O3S/c1-14-8-7-11-23(12-14)13-17(24)22-20-19(21(25)26-3)18(15(2)27-20)16-9-5-4-6-10-16/h4-6,9-10,14H,7-8,11-13H2,1-3H3,(H,22,24). The van der Waals surface area contributed by atoms with Crippen molar-refractivity contribution < 1.29 is 14.3 Å². The Balaban J connectivity index is 1.84. The summed E-state index contributed by atoms with van der Waals surface area (Å²) in [4.78, 5) is 28.2. The van der Waals surface area contributed by atoms with Gasteiger partial charge >= 0.3 is 5.97 Å². The van der Waals surface area contributed by atoms with Crippen LogP contribution in [0.25, 0.3) is 11.1 Å². The Bertz CT molecular complexity index is 816. The van der Waals surface area contributed by atoms with Gasteiger partial charge in [-0.25, -0.2) is 4.79 Å². The first-order chi connectivity index (χ1) is 13.0. The van der Waals surface area contributed by atoms with Crippen LogP contribution in [0.4, 0.5) is 5.00 Å². The second kappa shape index (κ2) is 8.67. The van der Waals surface area contributed by atoms with Gasteiger partial charge in [0.1, 0.15) is 10.6 Å². The number of likely N-dealkylation sites (tertiary alicyclic amines) is 1. The maximum atomic E-state index is 12.6. The van der Waals surface area contributed by atoms with E-state index in [1.807, 2.05) is 37.3 Å². The normalized spacial score (nSPS) is 17.5. The molecular weight excluding hydrogens is 360 g/mol. The van der Waals surface area contributed by atoms with Gasteiger partial charge in [-0.05, 0) is 37.8 Å². The minimum absolute atomic E-state index is 0.0879. The van der Waals surface area contributed by atoms with Crippen molar-refractivity contribution in [2.75, 3.05) is 32.1 Å². The Morgan fingerprint density at radius 3 is 2.70 bits per heavy atom. The summed E-state index contributed by atoms with van der Waals surface area (Å²) in [6, 6.07) is 9.72. The molecule has 5 nitrogen and oxygen atoms in total. The number of aryl methyl sites for hydroxylation is 1. The topological polar surface area (TPSA) is 58.6 Å². The van der Waals surface area contributed by atoms with E-state index in [1.165, 1.54) is 24.9 Å². The molecule has 0 spiro atoms. The van der Waals surface area contributed by atoms with Gasteiger partial charge < -0.3 is 10.1 Å². The number of esters is 1. The molecule has 1 aromatic heterocycles. The third kappa shape index (κ3) is 4.57. The zero-order valence-corrected chi connectivity index (χ0v) is 16.9. The van der Waals surface area contributed by atoms with E-state index < -0.39 is 5.97 Å². The fourth-order valence-corrected chi connectivity index (χ4v) is 4.76. The molecule has 1 saturated heterocycles. The van der Waals surface area contributed by atoms with Crippen LogP contribution in [0.3, 0.4) is 0 Å². The number of anilines is 1. The summed E-state index contributed by atoms with van der Waals surface area (Å²) in [5.41, 5.74) is 2.21. The maximum absolute atomic E-state index is 12.6. The molecule has 0 radical (unpaired) electrons. The number of nitrogens with zero attached hydrogens (tertiary/aromatic N) is 1. The molecule has 27 heavy (non-hydrogen) atoms. The lowest BCUT2D eigenvalue weighted by Gasteiger charge is -2.30. The van der Waals surface area contributed by atoms with Gasteiger partial charge in [0.05, 0.1) is 13.7 Å². The molecule has 6 heteroatoms. The summed E-state index contributed by atoms with van der Waals surface area (Å²) in [6.07, 6.45) is 2.34. The second-order valence-electron chi connectivity index (χ2n) is 7.13. The number of hydrogen-bond donors (Lipinski definition) is 1. The second-order valence-corrected chi connectivity index (χ2v) is 8.35. The minimum Gasteiger partial charge on any atom is -0.465 e. The van der Waals surface area contributed by atoms with Gasteiger partial charge in [-0.3, -0.25) is 9.69 Å². The third-order valence-electron chi connectivity index (χ3n) is 4.90. The zero-order valence-electron chi connectivity index (χ0n) is 16.1. The third-order valence-corrected chi connectivity index (χ3v) is 5.92. The smallest absolute Gasteiger partial charge is 0.341 e. The largest absolute Gasteiger partial charge is 0.465 e. The van der Waals surface area contributed by atoms with Crippen LogP contribution in [0.15, 0.2) is 30.3 Å². The molecule has 1 aromatic carbocycles. The van der Waals surface area contributed by atoms with Gasteiger partial charge in [0.2, 0.25) is 5.91 Å². The highest BCUT2D eigenvalue weighted by molar-refractivity contribution is 7.17. The Morgan fingerprint density at radius 2 is 2.04 bits per heavy atom. The van der Waals surface area contributed by atoms with Crippen molar-refractivity contribution in [2.24, 2.45) is 5.92 Å². The van der Waals surface area contributed by atoms with Crippen LogP contribution < -0.4 is 5.32 Å². The van der Waals surface area contributed by atoms with Crippen molar-refractivity contribution in [3.63, 3.8) is 0 Å². The lowest BCUT2D eigenvalue weighted by molar-refractivity contribution is -0.117. The van der Waals surface area contributed by atoms with E-state index in [0.29, 0.717) is 23.0 Å². The first kappa shape index (κ1) is 19.6. The van der Waals surface area contributed by atoms with Crippen LogP contribution in [0.1, 0.15) is 35.0 Å². The molecule has 1 amide bonds. The number of carbonyl (C=O) groups is 2. The monoisotopic (exact) mass is 386 g/mol. The average molecular weight is 387 g/mol. The zero-order chi connectivity index (χ0) is 19.4. The molecule has 1 atom stereocenters. The number of ether oxygens (including phenoxy) is 1. The van der Waals surface area contributed by atoms with Crippen LogP contribution >= 0.6 is 11.3 Å². The molecule has 1 aliphatic rings. The molecule has 1 unspecified atom stereocenters. The van der Waals surface area contributed by atoms with Crippen LogP contribution in [0, 0.1) is 12.8 Å². The molecular formula is C21H26N2O3S. The van der Waals surface area contributed by atoms with E-state index in [4.69, 9.17) is 4.74 Å². The van der Waals surface area contributed by atoms with Crippen LogP contribution in [0.5, 0.6) is 0 Å². The van der Waals surface area contributed by atoms with Crippen molar-refractivity contribution in [1.29, 1.82) is 0 Å². The van der Waals surface area contributed by atoms with E-state index in [9.17, 15) is 9.59 Å². The Morgan fingerprint density at radius 1 is 1.30 bits per heavy atom. The van der Waals surface area contributed by atoms with E-state index >= 15 is 0 Å². The van der Waals surface area contributed by atoms with Gasteiger partial charge in [-0.2, -0.15) is 0 Å². The summed E-state index contributed by atoms with van der Waals surface area (Å²) < 4.78 is 5.00. The van der Waals surface area contributed by atoms with Crippen LogP contribution in [-0.2, 0) is 9.53 Å². The minimum atomic E-state index is -0.430. The van der Waals surface area contributed by atoms with Crippen molar-refractivity contribution in [1.82, 2.24) is 4.90 Å². The molecule has 1 N–H and O–H groups in total. The van der Waals surface area contributed by atoms with Gasteiger partial charge in [0.15, 0.2) is 0 Å². The van der Waals surface area contributed by atoms with E-state index in [2.05, 4.69) is 17.1 Å². The molecule has 144 valence electrons. The lowest BCUT2D eigenvalue weighted by Crippen LogP contribution is -2.39. The summed E-state index contributed by atoms with van der Waals surface area (Å²) in [5, 5.41) is 3.52. The number of rotatable bonds is 5. The fraction of sp³-hybridized carbons (Fsp3) is 0.429. The Labute approximate surface area is 164 Å². The molecule has 0 aliphatic carbocycles. The molecule has 2 heterocycles. The molecule has 2 aromatic rings. The predicted molar refractivity (Wildman–Crippen MR) is 109 cm³/mol. The summed E-state index contributed by atoms with van der Waals surface area (Å²) in [7, 11) is 1.37. The van der Waals surface area contributed by atoms with Crippen molar-refractivity contribution in [3.8, 4) is 11.1 Å². The average Bonchev–Trinajstić information content (AvgIpc) is 2.97. The van der Waals surface area contributed by atoms with E-state index in [1.54, 1.807) is 0 Å².